The quantitative estimate of drug-likeness (QED) is 0.920. The van der Waals surface area contributed by atoms with Crippen LogP contribution in [0.4, 0.5) is 11.5 Å². The lowest BCUT2D eigenvalue weighted by Gasteiger charge is -2.26. The second kappa shape index (κ2) is 5.43. The van der Waals surface area contributed by atoms with Crippen LogP contribution in [0, 0.1) is 6.92 Å². The third-order valence-corrected chi connectivity index (χ3v) is 4.25. The van der Waals surface area contributed by atoms with Crippen molar-refractivity contribution in [3.63, 3.8) is 0 Å². The highest BCUT2D eigenvalue weighted by Crippen LogP contribution is 2.32. The van der Waals surface area contributed by atoms with Crippen molar-refractivity contribution in [1.82, 2.24) is 9.78 Å². The topological polar surface area (TPSA) is 47.1 Å². The largest absolute Gasteiger partial charge is 0.394 e. The van der Waals surface area contributed by atoms with Gasteiger partial charge in [0.15, 0.2) is 5.82 Å². The first kappa shape index (κ1) is 14.0. The number of aryl methyl sites for hydroxylation is 2. The smallest absolute Gasteiger partial charge is 0.151 e. The van der Waals surface area contributed by atoms with E-state index in [0.717, 1.165) is 43.1 Å². The molecular weight excluding hydrogens is 260 g/mol. The Morgan fingerprint density at radius 3 is 2.62 bits per heavy atom. The molecule has 0 spiro atoms. The molecule has 112 valence electrons. The summed E-state index contributed by atoms with van der Waals surface area (Å²) in [6.07, 6.45) is 2.29. The number of nitrogen functional groups attached to an aromatic ring is 1. The lowest BCUT2D eigenvalue weighted by Crippen LogP contribution is -2.27. The van der Waals surface area contributed by atoms with Gasteiger partial charge in [-0.05, 0) is 44.7 Å². The molecule has 1 aliphatic rings. The summed E-state index contributed by atoms with van der Waals surface area (Å²) in [6, 6.07) is 9.04. The van der Waals surface area contributed by atoms with Crippen LogP contribution in [0.3, 0.4) is 0 Å². The Morgan fingerprint density at radius 2 is 1.90 bits per heavy atom. The summed E-state index contributed by atoms with van der Waals surface area (Å²) in [6.45, 7) is 8.24. The summed E-state index contributed by atoms with van der Waals surface area (Å²) in [5.41, 5.74) is 10.9. The second-order valence-electron chi connectivity index (χ2n) is 6.15. The molecule has 3 rings (SSSR count). The third-order valence-electron chi connectivity index (χ3n) is 4.25. The van der Waals surface area contributed by atoms with Gasteiger partial charge in [0.05, 0.1) is 11.4 Å². The molecule has 1 aromatic carbocycles. The molecule has 0 unspecified atom stereocenters. The molecule has 2 heterocycles. The number of hydrogen-bond donors (Lipinski definition) is 1. The lowest BCUT2D eigenvalue weighted by atomic mass is 10.0. The highest BCUT2D eigenvalue weighted by atomic mass is 15.4. The minimum atomic E-state index is 0.314. The molecule has 0 amide bonds. The number of fused-ring (bicyclic) bond motifs is 1. The van der Waals surface area contributed by atoms with E-state index < -0.39 is 0 Å². The van der Waals surface area contributed by atoms with E-state index in [-0.39, 0.29) is 0 Å². The minimum Gasteiger partial charge on any atom is -0.394 e. The highest BCUT2D eigenvalue weighted by molar-refractivity contribution is 5.66. The monoisotopic (exact) mass is 284 g/mol. The van der Waals surface area contributed by atoms with Gasteiger partial charge in [-0.1, -0.05) is 24.3 Å². The van der Waals surface area contributed by atoms with Gasteiger partial charge >= 0.3 is 0 Å². The molecule has 0 fully saturated rings. The van der Waals surface area contributed by atoms with Crippen LogP contribution in [0.15, 0.2) is 24.3 Å². The van der Waals surface area contributed by atoms with Crippen molar-refractivity contribution in [3.8, 4) is 0 Å². The molecule has 0 saturated carbocycles. The molecule has 4 heteroatoms. The van der Waals surface area contributed by atoms with Crippen LogP contribution >= 0.6 is 0 Å². The average Bonchev–Trinajstić information content (AvgIpc) is 2.64. The van der Waals surface area contributed by atoms with Crippen molar-refractivity contribution in [2.75, 3.05) is 17.2 Å². The van der Waals surface area contributed by atoms with Crippen molar-refractivity contribution >= 4 is 11.5 Å². The van der Waals surface area contributed by atoms with Crippen molar-refractivity contribution in [3.05, 3.63) is 41.1 Å². The Hall–Kier alpha value is -1.97. The summed E-state index contributed by atoms with van der Waals surface area (Å²) >= 11 is 0. The predicted molar refractivity (Wildman–Crippen MR) is 87.6 cm³/mol. The van der Waals surface area contributed by atoms with Crippen molar-refractivity contribution in [2.45, 2.75) is 46.2 Å². The summed E-state index contributed by atoms with van der Waals surface area (Å²) in [5.74, 6) is 1.08. The summed E-state index contributed by atoms with van der Waals surface area (Å²) < 4.78 is 2.07. The van der Waals surface area contributed by atoms with Crippen molar-refractivity contribution in [2.24, 2.45) is 0 Å². The molecule has 0 aliphatic carbocycles. The fourth-order valence-corrected chi connectivity index (χ4v) is 3.10. The Balaban J connectivity index is 2.01. The molecule has 0 atom stereocenters. The summed E-state index contributed by atoms with van der Waals surface area (Å²) in [7, 11) is 0. The van der Waals surface area contributed by atoms with Gasteiger partial charge in [-0.25, -0.2) is 4.68 Å². The first-order valence-corrected chi connectivity index (χ1v) is 7.74. The van der Waals surface area contributed by atoms with E-state index in [1.54, 1.807) is 0 Å². The maximum absolute atomic E-state index is 6.32. The van der Waals surface area contributed by atoms with Gasteiger partial charge in [0.1, 0.15) is 0 Å². The molecule has 1 aliphatic heterocycles. The number of nitrogens with zero attached hydrogens (tertiary/aromatic N) is 3. The average molecular weight is 284 g/mol. The maximum atomic E-state index is 6.32. The van der Waals surface area contributed by atoms with Crippen molar-refractivity contribution < 1.29 is 0 Å². The van der Waals surface area contributed by atoms with E-state index in [4.69, 9.17) is 5.73 Å². The van der Waals surface area contributed by atoms with E-state index in [2.05, 4.69) is 52.8 Å². The van der Waals surface area contributed by atoms with Crippen LogP contribution in [0.1, 0.15) is 43.1 Å². The maximum Gasteiger partial charge on any atom is 0.151 e. The molecule has 2 aromatic rings. The molecule has 0 bridgehead atoms. The first-order chi connectivity index (χ1) is 10.1. The zero-order valence-electron chi connectivity index (χ0n) is 13.1. The van der Waals surface area contributed by atoms with Gasteiger partial charge in [-0.15, -0.1) is 0 Å². The second-order valence-corrected chi connectivity index (χ2v) is 6.15. The van der Waals surface area contributed by atoms with E-state index >= 15 is 0 Å². The van der Waals surface area contributed by atoms with E-state index in [0.29, 0.717) is 6.04 Å². The lowest BCUT2D eigenvalue weighted by molar-refractivity contribution is 0.520. The van der Waals surface area contributed by atoms with E-state index in [1.165, 1.54) is 11.1 Å². The molecule has 2 N–H and O–H groups in total. The summed E-state index contributed by atoms with van der Waals surface area (Å²) in [5, 5.41) is 4.62. The van der Waals surface area contributed by atoms with Crippen LogP contribution in [-0.2, 0) is 13.0 Å². The Bertz CT molecular complexity index is 642. The molecule has 0 saturated heterocycles. The number of aromatic nitrogens is 2. The molecule has 1 aromatic heterocycles. The van der Waals surface area contributed by atoms with Gasteiger partial charge in [0, 0.05) is 19.1 Å². The van der Waals surface area contributed by atoms with Crippen LogP contribution in [-0.4, -0.2) is 16.3 Å². The number of benzene rings is 1. The van der Waals surface area contributed by atoms with E-state index in [1.807, 2.05) is 6.92 Å². The summed E-state index contributed by atoms with van der Waals surface area (Å²) in [4.78, 5) is 2.39. The van der Waals surface area contributed by atoms with Crippen LogP contribution < -0.4 is 10.6 Å². The highest BCUT2D eigenvalue weighted by Gasteiger charge is 2.23. The Kier molecular flexibility index (Phi) is 3.62. The van der Waals surface area contributed by atoms with Crippen LogP contribution in [0.2, 0.25) is 0 Å². The van der Waals surface area contributed by atoms with Gasteiger partial charge in [0.25, 0.3) is 0 Å². The van der Waals surface area contributed by atoms with Crippen LogP contribution in [0.5, 0.6) is 0 Å². The number of anilines is 2. The zero-order valence-corrected chi connectivity index (χ0v) is 13.1. The number of hydrogen-bond acceptors (Lipinski definition) is 3. The minimum absolute atomic E-state index is 0.314. The standard InChI is InChI=1S/C17H24N4/c1-12(2)21-17(16(18)13(3)19-21)20-10-6-9-14-7-4-5-8-15(14)11-20/h4-5,7-8,12H,6,9-11,18H2,1-3H3. The van der Waals surface area contributed by atoms with Gasteiger partial charge < -0.3 is 10.6 Å². The third kappa shape index (κ3) is 2.50. The van der Waals surface area contributed by atoms with Gasteiger partial charge in [0.2, 0.25) is 0 Å². The molecular formula is C17H24N4. The molecule has 0 radical (unpaired) electrons. The fourth-order valence-electron chi connectivity index (χ4n) is 3.10. The Labute approximate surface area is 126 Å². The van der Waals surface area contributed by atoms with Gasteiger partial charge in [-0.3, -0.25) is 0 Å². The molecule has 21 heavy (non-hydrogen) atoms. The number of rotatable bonds is 2. The van der Waals surface area contributed by atoms with E-state index in [9.17, 15) is 0 Å². The van der Waals surface area contributed by atoms with Gasteiger partial charge in [-0.2, -0.15) is 5.10 Å². The number of nitrogens with two attached hydrogens (primary N) is 1. The molecule has 4 nitrogen and oxygen atoms in total. The normalized spacial score (nSPS) is 15.1. The SMILES string of the molecule is Cc1nn(C(C)C)c(N2CCCc3ccccc3C2)c1N. The fraction of sp³-hybridized carbons (Fsp3) is 0.471. The Morgan fingerprint density at radius 1 is 1.19 bits per heavy atom. The first-order valence-electron chi connectivity index (χ1n) is 7.74. The zero-order chi connectivity index (χ0) is 15.0. The predicted octanol–water partition coefficient (Wildman–Crippen LogP) is 3.31. The van der Waals surface area contributed by atoms with Crippen molar-refractivity contribution in [1.29, 1.82) is 0 Å². The van der Waals surface area contributed by atoms with Crippen LogP contribution in [0.25, 0.3) is 0 Å².